The average Bonchev–Trinajstić information content (AvgIpc) is 1.68. The van der Waals surface area contributed by atoms with Crippen molar-refractivity contribution < 1.29 is 46.1 Å². The molecule has 14 aromatic rings. The van der Waals surface area contributed by atoms with E-state index < -0.39 is 46.5 Å². The van der Waals surface area contributed by atoms with E-state index in [1.54, 1.807) is 63.1 Å². The van der Waals surface area contributed by atoms with Gasteiger partial charge in [0.1, 0.15) is 56.8 Å². The molecule has 4 fully saturated rings. The van der Waals surface area contributed by atoms with Crippen LogP contribution in [0, 0.1) is 57.6 Å². The largest absolute Gasteiger partial charge is 0.368 e. The molecule has 0 bridgehead atoms. The topological polar surface area (TPSA) is 459 Å². The molecule has 678 valence electrons. The van der Waals surface area contributed by atoms with Gasteiger partial charge in [-0.1, -0.05) is 35.3 Å². The van der Waals surface area contributed by atoms with Crippen molar-refractivity contribution in [2.45, 2.75) is 19.6 Å². The number of anilines is 10. The molecule has 4 aliphatic heterocycles. The Morgan fingerprint density at radius 2 is 0.773 bits per heavy atom. The lowest BCUT2D eigenvalue weighted by molar-refractivity contribution is 0.0966. The average molecular weight is 1890 g/mol. The first-order chi connectivity index (χ1) is 61.8. The molecule has 4 saturated heterocycles. The van der Waals surface area contributed by atoms with E-state index >= 15 is 0 Å². The van der Waals surface area contributed by atoms with Gasteiger partial charge in [0, 0.05) is 162 Å². The van der Waals surface area contributed by atoms with Crippen LogP contribution < -0.4 is 64.7 Å². The number of halogens is 12. The molecule has 18 rings (SSSR count). The minimum atomic E-state index is -0.580. The number of fused-ring (bicyclic) bond motifs is 4. The lowest BCUT2D eigenvalue weighted by Gasteiger charge is -2.36. The molecule has 0 aliphatic carbocycles. The molecule has 50 heteroatoms. The molecule has 36 nitrogen and oxygen atoms in total. The van der Waals surface area contributed by atoms with Gasteiger partial charge in [-0.2, -0.15) is 50.3 Å². The first-order valence-corrected chi connectivity index (χ1v) is 42.8. The number of H-pyrrole nitrogens is 1. The van der Waals surface area contributed by atoms with Gasteiger partial charge in [0.25, 0.3) is 11.1 Å². The quantitative estimate of drug-likeness (QED) is 0.00642. The van der Waals surface area contributed by atoms with Gasteiger partial charge in [-0.3, -0.25) is 45.1 Å². The number of hydrogen-bond donors (Lipinski definition) is 11. The van der Waals surface area contributed by atoms with Gasteiger partial charge in [-0.05, 0) is 83.0 Å². The molecule has 0 radical (unpaired) electrons. The molecular formula is C78H88Cl4F8N34O2S2. The van der Waals surface area contributed by atoms with Gasteiger partial charge >= 0.3 is 0 Å². The monoisotopic (exact) mass is 1890 g/mol. The summed E-state index contributed by atoms with van der Waals surface area (Å²) >= 11 is 25.2. The van der Waals surface area contributed by atoms with E-state index in [1.165, 1.54) is 71.2 Å². The molecule has 4 aliphatic rings. The molecule has 0 saturated carbocycles. The molecule has 0 atom stereocenters. The molecule has 10 aromatic heterocycles. The number of hydrogen-bond acceptors (Lipinski definition) is 33. The molecule has 128 heavy (non-hydrogen) atoms. The molecule has 16 N–H and O–H groups in total. The number of piperazine rings is 4. The van der Waals surface area contributed by atoms with E-state index in [1.807, 2.05) is 30.4 Å². The summed E-state index contributed by atoms with van der Waals surface area (Å²) in [7, 11) is 0. The molecule has 1 amide bonds. The summed E-state index contributed by atoms with van der Waals surface area (Å²) in [6, 6.07) is 21.8. The summed E-state index contributed by atoms with van der Waals surface area (Å²) < 4.78 is 113. The van der Waals surface area contributed by atoms with Gasteiger partial charge in [-0.15, -0.1) is 34.3 Å². The minimum absolute atomic E-state index is 0. The van der Waals surface area contributed by atoms with Crippen molar-refractivity contribution in [1.82, 2.24) is 104 Å². The highest BCUT2D eigenvalue weighted by atomic mass is 35.5. The summed E-state index contributed by atoms with van der Waals surface area (Å²) in [5.41, 5.74) is 44.7. The lowest BCUT2D eigenvalue weighted by atomic mass is 10.2. The number of alkyl halides is 1. The van der Waals surface area contributed by atoms with Gasteiger partial charge < -0.3 is 48.0 Å². The summed E-state index contributed by atoms with van der Waals surface area (Å²) in [6.45, 7) is 16.6. The number of amides is 1. The van der Waals surface area contributed by atoms with Crippen molar-refractivity contribution in [2.75, 3.05) is 190 Å². The fourth-order valence-corrected chi connectivity index (χ4v) is 16.1. The van der Waals surface area contributed by atoms with Crippen LogP contribution in [-0.4, -0.2) is 247 Å². The number of carbonyl (C=O) groups excluding carboxylic acids is 2. The second-order valence-corrected chi connectivity index (χ2v) is 31.7. The van der Waals surface area contributed by atoms with Crippen molar-refractivity contribution in [2.24, 2.45) is 5.84 Å². The van der Waals surface area contributed by atoms with Gasteiger partial charge in [0.05, 0.1) is 98.5 Å². The van der Waals surface area contributed by atoms with Crippen LogP contribution >= 0.6 is 69.1 Å². The first kappa shape index (κ1) is 94.7. The Hall–Kier alpha value is -12.4. The molecule has 4 aromatic carbocycles. The Bertz CT molecular complexity index is 6030. The maximum atomic E-state index is 14.1. The Labute approximate surface area is 754 Å². The lowest BCUT2D eigenvalue weighted by Crippen LogP contribution is -2.47. The number of rotatable bonds is 20. The van der Waals surface area contributed by atoms with Crippen LogP contribution in [0.15, 0.2) is 133 Å². The van der Waals surface area contributed by atoms with Crippen LogP contribution in [0.3, 0.4) is 0 Å². The Morgan fingerprint density at radius 1 is 0.430 bits per heavy atom. The maximum Gasteiger partial charge on any atom is 0.279 e. The summed E-state index contributed by atoms with van der Waals surface area (Å²) in [5.74, 6) is 2.70. The van der Waals surface area contributed by atoms with Crippen LogP contribution in [0.2, 0.25) is 10.3 Å². The van der Waals surface area contributed by atoms with Gasteiger partial charge in [0.15, 0.2) is 34.2 Å². The Morgan fingerprint density at radius 3 is 1.13 bits per heavy atom. The second kappa shape index (κ2) is 45.4. The number of aromatic amines is 1. The zero-order valence-corrected chi connectivity index (χ0v) is 72.7. The number of carbonyl (C=O) groups is 2. The summed E-state index contributed by atoms with van der Waals surface area (Å²) in [4.78, 5) is 73.0. The Balaban J connectivity index is 0.000000157. The molecule has 0 spiro atoms. The highest BCUT2D eigenvalue weighted by Crippen LogP contribution is 2.30. The van der Waals surface area contributed by atoms with E-state index in [9.17, 15) is 44.7 Å². The van der Waals surface area contributed by atoms with E-state index in [2.05, 4.69) is 101 Å². The van der Waals surface area contributed by atoms with Crippen molar-refractivity contribution in [1.29, 1.82) is 11.1 Å². The van der Waals surface area contributed by atoms with E-state index in [0.29, 0.717) is 170 Å². The van der Waals surface area contributed by atoms with E-state index in [4.69, 9.17) is 86.2 Å². The second-order valence-electron chi connectivity index (χ2n) is 28.4. The number of aromatic nitrogens is 16. The first-order valence-electron chi connectivity index (χ1n) is 39.4. The number of nitrogen functional groups attached to an aromatic ring is 5. The number of nitrogens with zero attached hydrogens (tertiary/aromatic N) is 23. The van der Waals surface area contributed by atoms with E-state index in [-0.39, 0.29) is 36.4 Å². The minimum Gasteiger partial charge on any atom is -0.368 e. The van der Waals surface area contributed by atoms with Crippen LogP contribution in [0.1, 0.15) is 20.8 Å². The molecule has 14 heterocycles. The van der Waals surface area contributed by atoms with Crippen molar-refractivity contribution in [3.63, 3.8) is 0 Å². The van der Waals surface area contributed by atoms with Crippen molar-refractivity contribution in [3.05, 3.63) is 199 Å². The highest BCUT2D eigenvalue weighted by Gasteiger charge is 2.27. The van der Waals surface area contributed by atoms with Gasteiger partial charge in [-0.25, -0.2) is 76.0 Å². The zero-order valence-electron chi connectivity index (χ0n) is 68.0. The van der Waals surface area contributed by atoms with Crippen LogP contribution in [-0.2, 0) is 19.6 Å². The third-order valence-electron chi connectivity index (χ3n) is 20.4. The van der Waals surface area contributed by atoms with Crippen LogP contribution in [0.25, 0.3) is 44.1 Å². The van der Waals surface area contributed by atoms with Crippen molar-refractivity contribution >= 4 is 183 Å². The maximum absolute atomic E-state index is 14.1. The SMILES string of the molecule is Fc1ccc(N2CCN(CCCl)CC2)c(F)c1.N=N.NNc1nc(N)nc2c1cnn2CCN1CCN(c2ccc(F)cc2F)CC1.Nc1nc(Cl)c2cn[nH]c2n1.Nc1nc(Cl)c2cnn(CCN3CCN(c4ccc(F)cc4F)CC3)c2n1.Nc1nc(NNC(=O)c2cccs2)c2cnn(CCN3CCN(c4ccc(F)cc4F)CC3)c2n1.O=C(Cl)c1cccs1.[HH]. The van der Waals surface area contributed by atoms with Crippen LogP contribution in [0.5, 0.6) is 0 Å². The van der Waals surface area contributed by atoms with Gasteiger partial charge in [0.2, 0.25) is 23.8 Å². The summed E-state index contributed by atoms with van der Waals surface area (Å²) in [6.07, 6.45) is 6.46. The van der Waals surface area contributed by atoms with Crippen LogP contribution in [0.4, 0.5) is 93.3 Å². The fourth-order valence-electron chi connectivity index (χ4n) is 14.0. The number of thiophene rings is 2. The number of benzene rings is 4. The van der Waals surface area contributed by atoms with Crippen molar-refractivity contribution in [3.8, 4) is 0 Å². The number of hydrazine groups is 2. The fraction of sp³-hybridized carbons (Fsp3) is 0.308. The highest BCUT2D eigenvalue weighted by molar-refractivity contribution is 7.14. The molecule has 0 unspecified atom stereocenters. The number of nitrogens with one attached hydrogen (secondary N) is 6. The zero-order chi connectivity index (χ0) is 91.1. The normalized spacial score (nSPS) is 14.4. The number of nitrogens with two attached hydrogens (primary N) is 5. The smallest absolute Gasteiger partial charge is 0.279 e. The summed E-state index contributed by atoms with van der Waals surface area (Å²) in [5, 5.41) is 26.0. The van der Waals surface area contributed by atoms with E-state index in [0.717, 1.165) is 109 Å². The third-order valence-corrected chi connectivity index (χ3v) is 23.2. The Kier molecular flexibility index (Phi) is 33.6. The standard InChI is InChI=1S/C22H23F2N9OS.C17H18ClF2N7.C17H21F2N9.C12H15ClF2N2.C5H4ClN5.C5H3ClOS.H2N2.H2/c23-14-3-4-17(16(24)12-14)32-8-5-31(6-9-32)7-10-33-20-15(13-26-33)19(27-22(25)28-20)29-30-21(34)18-2-1-11-35-18;18-15-12-10-22-27(16(12)24-17(21)23-15)8-5-25-3-6-26(7-4-25)14-2-1-11(19)9-13(14)20;18-11-1-2-14(13(19)9-11)27-6-3-26(4-7-27)5-8-28-16-12(10-22-28)15(25-21)23-17(20)24-16;13-3-4-16-5-7-17(8-6-16)12-2-1-10(14)9-11(12)15;6-3-2-1-8-11-4(2)10-5(7)9-3;6-5(7)4-2-1-3-8-4;1-2;/h1-4,11-13H,5-10H2,(H,30,34)(H3,25,27,28,29);1-2,9-10H,3-8H2,(H2,21,23,24);1-2,9-10H,3-8,21H2,(H3,20,23,24,25);1-2,9H,3-8H2;1H,(H3,7,8,9,10,11);1-3H;1-2H;1H. The third kappa shape index (κ3) is 25.1. The molecular weight excluding hydrogens is 1800 g/mol. The predicted octanol–water partition coefficient (Wildman–Crippen LogP) is 11.2. The predicted molar refractivity (Wildman–Crippen MR) is 481 cm³/mol.